The molecule has 2 atom stereocenters. The summed E-state index contributed by atoms with van der Waals surface area (Å²) in [6.45, 7) is 8.78. The van der Waals surface area contributed by atoms with E-state index < -0.39 is 0 Å². The third-order valence-corrected chi connectivity index (χ3v) is 4.50. The molecule has 0 heterocycles. The van der Waals surface area contributed by atoms with Crippen molar-refractivity contribution in [3.8, 4) is 11.5 Å². The first-order valence-electron chi connectivity index (χ1n) is 7.17. The number of methoxy groups -OCH3 is 2. The molecule has 0 aliphatic carbocycles. The number of rotatable bonds is 8. The number of benzene rings is 1. The summed E-state index contributed by atoms with van der Waals surface area (Å²) in [4.78, 5) is 0. The number of halogens is 1. The molecule has 2 unspecified atom stereocenters. The first-order chi connectivity index (χ1) is 9.56. The van der Waals surface area contributed by atoms with Crippen molar-refractivity contribution in [2.45, 2.75) is 33.1 Å². The fraction of sp³-hybridized carbons (Fsp3) is 0.625. The topological polar surface area (TPSA) is 30.5 Å². The molecule has 0 saturated heterocycles. The van der Waals surface area contributed by atoms with E-state index in [4.69, 9.17) is 9.47 Å². The predicted molar refractivity (Wildman–Crippen MR) is 88.0 cm³/mol. The monoisotopic (exact) mass is 343 g/mol. The van der Waals surface area contributed by atoms with E-state index in [9.17, 15) is 0 Å². The molecule has 20 heavy (non-hydrogen) atoms. The average Bonchev–Trinajstić information content (AvgIpc) is 2.46. The van der Waals surface area contributed by atoms with Crippen LogP contribution in [-0.2, 0) is 0 Å². The third-order valence-electron chi connectivity index (χ3n) is 3.75. The molecule has 0 fully saturated rings. The van der Waals surface area contributed by atoms with E-state index in [1.54, 1.807) is 14.2 Å². The standard InChI is InChI=1S/C16H26BrNO2/c1-6-9-18-10-11(2)12(3)13-7-8-14(19-4)15(17)16(13)20-5/h7-8,11-12,18H,6,9-10H2,1-5H3. The summed E-state index contributed by atoms with van der Waals surface area (Å²) >= 11 is 3.57. The fourth-order valence-corrected chi connectivity index (χ4v) is 2.95. The quantitative estimate of drug-likeness (QED) is 0.717. The van der Waals surface area contributed by atoms with Crippen LogP contribution in [0.4, 0.5) is 0 Å². The van der Waals surface area contributed by atoms with Gasteiger partial charge in [-0.2, -0.15) is 0 Å². The van der Waals surface area contributed by atoms with Crippen LogP contribution < -0.4 is 14.8 Å². The molecule has 1 rings (SSSR count). The highest BCUT2D eigenvalue weighted by Gasteiger charge is 2.21. The Kier molecular flexibility index (Phi) is 7.38. The van der Waals surface area contributed by atoms with E-state index in [1.165, 1.54) is 12.0 Å². The van der Waals surface area contributed by atoms with Crippen LogP contribution >= 0.6 is 15.9 Å². The lowest BCUT2D eigenvalue weighted by Gasteiger charge is -2.24. The van der Waals surface area contributed by atoms with Crippen LogP contribution in [0.3, 0.4) is 0 Å². The summed E-state index contributed by atoms with van der Waals surface area (Å²) < 4.78 is 11.8. The lowest BCUT2D eigenvalue weighted by molar-refractivity contribution is 0.374. The van der Waals surface area contributed by atoms with Gasteiger partial charge in [-0.3, -0.25) is 0 Å². The van der Waals surface area contributed by atoms with Crippen molar-refractivity contribution in [1.29, 1.82) is 0 Å². The van der Waals surface area contributed by atoms with Crippen molar-refractivity contribution in [3.05, 3.63) is 22.2 Å². The number of ether oxygens (including phenoxy) is 2. The van der Waals surface area contributed by atoms with Crippen molar-refractivity contribution in [1.82, 2.24) is 5.32 Å². The zero-order chi connectivity index (χ0) is 15.1. The van der Waals surface area contributed by atoms with Gasteiger partial charge in [0.1, 0.15) is 16.0 Å². The first-order valence-corrected chi connectivity index (χ1v) is 7.97. The Morgan fingerprint density at radius 3 is 2.45 bits per heavy atom. The second-order valence-corrected chi connectivity index (χ2v) is 5.97. The molecule has 1 aromatic rings. The Labute approximate surface area is 131 Å². The third kappa shape index (κ3) is 4.13. The van der Waals surface area contributed by atoms with E-state index in [-0.39, 0.29) is 0 Å². The zero-order valence-corrected chi connectivity index (χ0v) is 14.7. The Morgan fingerprint density at radius 1 is 1.20 bits per heavy atom. The highest BCUT2D eigenvalue weighted by atomic mass is 79.9. The van der Waals surface area contributed by atoms with E-state index in [0.717, 1.165) is 29.1 Å². The van der Waals surface area contributed by atoms with Crippen LogP contribution in [0.15, 0.2) is 16.6 Å². The minimum atomic E-state index is 0.413. The molecule has 114 valence electrons. The lowest BCUT2D eigenvalue weighted by Crippen LogP contribution is -2.25. The molecular formula is C16H26BrNO2. The molecule has 0 aromatic heterocycles. The molecule has 0 aliphatic rings. The van der Waals surface area contributed by atoms with Crippen LogP contribution in [0.25, 0.3) is 0 Å². The number of nitrogens with one attached hydrogen (secondary N) is 1. The van der Waals surface area contributed by atoms with Crippen LogP contribution in [0.2, 0.25) is 0 Å². The summed E-state index contributed by atoms with van der Waals surface area (Å²) in [5, 5.41) is 3.48. The molecule has 0 radical (unpaired) electrons. The Morgan fingerprint density at radius 2 is 1.90 bits per heavy atom. The van der Waals surface area contributed by atoms with E-state index in [1.807, 2.05) is 6.07 Å². The number of hydrogen-bond acceptors (Lipinski definition) is 3. The molecule has 0 saturated carbocycles. The second kappa shape index (κ2) is 8.53. The highest BCUT2D eigenvalue weighted by molar-refractivity contribution is 9.10. The van der Waals surface area contributed by atoms with Gasteiger partial charge in [0.05, 0.1) is 14.2 Å². The van der Waals surface area contributed by atoms with Crippen LogP contribution in [0.1, 0.15) is 38.7 Å². The smallest absolute Gasteiger partial charge is 0.140 e. The van der Waals surface area contributed by atoms with Crippen LogP contribution in [0, 0.1) is 5.92 Å². The second-order valence-electron chi connectivity index (χ2n) is 5.17. The van der Waals surface area contributed by atoms with Gasteiger partial charge in [-0.25, -0.2) is 0 Å². The number of hydrogen-bond donors (Lipinski definition) is 1. The van der Waals surface area contributed by atoms with Crippen LogP contribution in [-0.4, -0.2) is 27.3 Å². The maximum absolute atomic E-state index is 5.57. The molecule has 1 N–H and O–H groups in total. The van der Waals surface area contributed by atoms with Crippen molar-refractivity contribution >= 4 is 15.9 Å². The van der Waals surface area contributed by atoms with E-state index in [0.29, 0.717) is 11.8 Å². The summed E-state index contributed by atoms with van der Waals surface area (Å²) in [6.07, 6.45) is 1.17. The Hall–Kier alpha value is -0.740. The summed E-state index contributed by atoms with van der Waals surface area (Å²) in [7, 11) is 3.37. The van der Waals surface area contributed by atoms with Crippen molar-refractivity contribution < 1.29 is 9.47 Å². The van der Waals surface area contributed by atoms with Gasteiger partial charge < -0.3 is 14.8 Å². The van der Waals surface area contributed by atoms with Crippen LogP contribution in [0.5, 0.6) is 11.5 Å². The molecule has 0 bridgehead atoms. The van der Waals surface area contributed by atoms with Crippen molar-refractivity contribution in [2.24, 2.45) is 5.92 Å². The molecule has 0 aliphatic heterocycles. The average molecular weight is 344 g/mol. The van der Waals surface area contributed by atoms with Crippen molar-refractivity contribution in [3.63, 3.8) is 0 Å². The van der Waals surface area contributed by atoms with Gasteiger partial charge in [-0.1, -0.05) is 26.8 Å². The van der Waals surface area contributed by atoms with E-state index >= 15 is 0 Å². The maximum atomic E-state index is 5.57. The van der Waals surface area contributed by atoms with Gasteiger partial charge >= 0.3 is 0 Å². The van der Waals surface area contributed by atoms with Gasteiger partial charge in [0.15, 0.2) is 0 Å². The predicted octanol–water partition coefficient (Wildman–Crippen LogP) is 4.21. The molecule has 1 aromatic carbocycles. The molecular weight excluding hydrogens is 318 g/mol. The zero-order valence-electron chi connectivity index (χ0n) is 13.1. The molecule has 0 amide bonds. The molecule has 3 nitrogen and oxygen atoms in total. The minimum absolute atomic E-state index is 0.413. The fourth-order valence-electron chi connectivity index (χ4n) is 2.27. The van der Waals surface area contributed by atoms with Gasteiger partial charge in [0, 0.05) is 0 Å². The summed E-state index contributed by atoms with van der Waals surface area (Å²) in [5.41, 5.74) is 1.21. The van der Waals surface area contributed by atoms with Gasteiger partial charge in [-0.05, 0) is 58.9 Å². The highest BCUT2D eigenvalue weighted by Crippen LogP contribution is 2.41. The molecule has 0 spiro atoms. The molecule has 4 heteroatoms. The van der Waals surface area contributed by atoms with Gasteiger partial charge in [-0.15, -0.1) is 0 Å². The van der Waals surface area contributed by atoms with Gasteiger partial charge in [0.25, 0.3) is 0 Å². The Bertz CT molecular complexity index is 423. The minimum Gasteiger partial charge on any atom is -0.495 e. The SMILES string of the molecule is CCCNCC(C)C(C)c1ccc(OC)c(Br)c1OC. The largest absolute Gasteiger partial charge is 0.495 e. The van der Waals surface area contributed by atoms with Gasteiger partial charge in [0.2, 0.25) is 0 Å². The summed E-state index contributed by atoms with van der Waals surface area (Å²) in [6, 6.07) is 4.09. The normalized spacial score (nSPS) is 13.9. The lowest BCUT2D eigenvalue weighted by atomic mass is 9.88. The van der Waals surface area contributed by atoms with Crippen molar-refractivity contribution in [2.75, 3.05) is 27.3 Å². The summed E-state index contributed by atoms with van der Waals surface area (Å²) in [5.74, 6) is 2.63. The Balaban J connectivity index is 2.91. The van der Waals surface area contributed by atoms with E-state index in [2.05, 4.69) is 48.1 Å². The maximum Gasteiger partial charge on any atom is 0.140 e. The first kappa shape index (κ1) is 17.3.